The van der Waals surface area contributed by atoms with Crippen LogP contribution in [0.1, 0.15) is 29.8 Å². The number of hydrogen-bond acceptors (Lipinski definition) is 4. The van der Waals surface area contributed by atoms with Crippen LogP contribution in [-0.2, 0) is 19.9 Å². The lowest BCUT2D eigenvalue weighted by Gasteiger charge is -2.28. The summed E-state index contributed by atoms with van der Waals surface area (Å²) in [6.45, 7) is 4.21. The van der Waals surface area contributed by atoms with E-state index in [1.807, 2.05) is 31.2 Å². The molecule has 1 aliphatic heterocycles. The van der Waals surface area contributed by atoms with E-state index in [4.69, 9.17) is 9.47 Å². The minimum Gasteiger partial charge on any atom is -0.486 e. The summed E-state index contributed by atoms with van der Waals surface area (Å²) in [7, 11) is 2.10. The van der Waals surface area contributed by atoms with Gasteiger partial charge in [0.1, 0.15) is 18.5 Å². The Hall–Kier alpha value is -3.12. The molecule has 1 N–H and O–H groups in total. The van der Waals surface area contributed by atoms with Crippen LogP contribution in [0, 0.1) is 18.7 Å². The number of rotatable bonds is 5. The van der Waals surface area contributed by atoms with Crippen molar-refractivity contribution in [2.75, 3.05) is 19.7 Å². The molecule has 2 atom stereocenters. The number of halogens is 1. The second-order valence-electron chi connectivity index (χ2n) is 9.71. The quantitative estimate of drug-likeness (QED) is 0.422. The van der Waals surface area contributed by atoms with Gasteiger partial charge in [0.15, 0.2) is 11.5 Å². The van der Waals surface area contributed by atoms with Gasteiger partial charge in [-0.2, -0.15) is 0 Å². The maximum atomic E-state index is 13.9. The zero-order valence-corrected chi connectivity index (χ0v) is 19.7. The van der Waals surface area contributed by atoms with Gasteiger partial charge in [0, 0.05) is 41.3 Å². The van der Waals surface area contributed by atoms with Gasteiger partial charge < -0.3 is 19.4 Å². The molecule has 5 nitrogen and oxygen atoms in total. The summed E-state index contributed by atoms with van der Waals surface area (Å²) in [5, 5.41) is 5.66. The Morgan fingerprint density at radius 3 is 2.97 bits per heavy atom. The number of aryl methyl sites for hydroxylation is 2. The lowest BCUT2D eigenvalue weighted by atomic mass is 9.84. The molecule has 0 unspecified atom stereocenters. The van der Waals surface area contributed by atoms with Crippen LogP contribution >= 0.6 is 0 Å². The van der Waals surface area contributed by atoms with Crippen molar-refractivity contribution in [3.63, 3.8) is 0 Å². The summed E-state index contributed by atoms with van der Waals surface area (Å²) in [6, 6.07) is 13.2. The van der Waals surface area contributed by atoms with Crippen molar-refractivity contribution in [3.8, 4) is 11.5 Å². The highest BCUT2D eigenvalue weighted by molar-refractivity contribution is 5.88. The number of nitrogens with one attached hydrogen (secondary N) is 1. The predicted molar refractivity (Wildman–Crippen MR) is 132 cm³/mol. The predicted octanol–water partition coefficient (Wildman–Crippen LogP) is 5.10. The van der Waals surface area contributed by atoms with Crippen molar-refractivity contribution in [2.24, 2.45) is 13.0 Å². The first kappa shape index (κ1) is 21.4. The third-order valence-electron chi connectivity index (χ3n) is 7.42. The SMILES string of the molecule is Cc1ccc2c3c(ccc2n1)OC[C@H](CNCC[C@@H]1CCc2c(c4cc(F)ccc4n2C)C1)O3. The van der Waals surface area contributed by atoms with E-state index in [0.717, 1.165) is 71.4 Å². The van der Waals surface area contributed by atoms with Gasteiger partial charge in [-0.15, -0.1) is 0 Å². The standard InChI is InChI=1S/C28H30FN3O2/c1-17-3-6-21-24(31-17)7-10-27-28(21)34-20(16-33-27)15-30-12-11-18-4-8-25-22(13-18)23-14-19(29)5-9-26(23)32(25)2/h3,5-7,9-10,14,18,20,30H,4,8,11-13,15-16H2,1-2H3/t18-,20-/m0/s1. The largest absolute Gasteiger partial charge is 0.486 e. The van der Waals surface area contributed by atoms with E-state index in [9.17, 15) is 4.39 Å². The second kappa shape index (κ2) is 8.58. The van der Waals surface area contributed by atoms with Crippen LogP contribution in [0.5, 0.6) is 11.5 Å². The van der Waals surface area contributed by atoms with Crippen LogP contribution in [0.3, 0.4) is 0 Å². The van der Waals surface area contributed by atoms with Crippen molar-refractivity contribution in [1.82, 2.24) is 14.9 Å². The van der Waals surface area contributed by atoms with E-state index in [0.29, 0.717) is 12.5 Å². The van der Waals surface area contributed by atoms with Gasteiger partial charge >= 0.3 is 0 Å². The first-order chi connectivity index (χ1) is 16.6. The highest BCUT2D eigenvalue weighted by atomic mass is 19.1. The topological polar surface area (TPSA) is 48.3 Å². The monoisotopic (exact) mass is 459 g/mol. The molecule has 0 radical (unpaired) electrons. The molecule has 176 valence electrons. The van der Waals surface area contributed by atoms with Crippen LogP contribution < -0.4 is 14.8 Å². The number of aromatic nitrogens is 2. The molecule has 2 aromatic carbocycles. The molecule has 3 heterocycles. The molecule has 2 aromatic heterocycles. The Morgan fingerprint density at radius 1 is 1.15 bits per heavy atom. The van der Waals surface area contributed by atoms with Gasteiger partial charge in [-0.3, -0.25) is 4.98 Å². The number of hydrogen-bond donors (Lipinski definition) is 1. The summed E-state index contributed by atoms with van der Waals surface area (Å²) in [6.07, 6.45) is 4.33. The van der Waals surface area contributed by atoms with Crippen LogP contribution in [0.2, 0.25) is 0 Å². The van der Waals surface area contributed by atoms with Crippen molar-refractivity contribution >= 4 is 21.8 Å². The van der Waals surface area contributed by atoms with Gasteiger partial charge in [-0.05, 0) is 93.1 Å². The van der Waals surface area contributed by atoms with E-state index in [1.54, 1.807) is 12.1 Å². The van der Waals surface area contributed by atoms with E-state index < -0.39 is 0 Å². The molecular weight excluding hydrogens is 429 g/mol. The third kappa shape index (κ3) is 3.80. The molecule has 34 heavy (non-hydrogen) atoms. The van der Waals surface area contributed by atoms with Crippen molar-refractivity contribution < 1.29 is 13.9 Å². The van der Waals surface area contributed by atoms with Crippen molar-refractivity contribution in [1.29, 1.82) is 0 Å². The lowest BCUT2D eigenvalue weighted by Crippen LogP contribution is -2.39. The van der Waals surface area contributed by atoms with E-state index in [-0.39, 0.29) is 11.9 Å². The molecule has 6 heteroatoms. The Kier molecular flexibility index (Phi) is 5.41. The summed E-state index contributed by atoms with van der Waals surface area (Å²) < 4.78 is 28.4. The molecule has 0 amide bonds. The molecule has 0 saturated heterocycles. The van der Waals surface area contributed by atoms with Crippen LogP contribution in [-0.4, -0.2) is 35.4 Å². The normalized spacial score (nSPS) is 19.5. The van der Waals surface area contributed by atoms with Gasteiger partial charge in [0.05, 0.1) is 5.52 Å². The average Bonchev–Trinajstić information content (AvgIpc) is 3.12. The minimum absolute atomic E-state index is 0.0293. The maximum absolute atomic E-state index is 13.9. The number of ether oxygens (including phenoxy) is 2. The number of fused-ring (bicyclic) bond motifs is 6. The number of nitrogens with zero attached hydrogens (tertiary/aromatic N) is 2. The fraction of sp³-hybridized carbons (Fsp3) is 0.393. The summed E-state index contributed by atoms with van der Waals surface area (Å²) in [5.74, 6) is 2.04. The zero-order valence-electron chi connectivity index (χ0n) is 19.7. The minimum atomic E-state index is -0.153. The molecule has 0 spiro atoms. The summed E-state index contributed by atoms with van der Waals surface area (Å²) >= 11 is 0. The van der Waals surface area contributed by atoms with Crippen LogP contribution in [0.25, 0.3) is 21.8 Å². The average molecular weight is 460 g/mol. The maximum Gasteiger partial charge on any atom is 0.171 e. The van der Waals surface area contributed by atoms with Crippen molar-refractivity contribution in [3.05, 3.63) is 65.2 Å². The lowest BCUT2D eigenvalue weighted by molar-refractivity contribution is 0.0922. The molecule has 4 aromatic rings. The molecular formula is C28H30FN3O2. The van der Waals surface area contributed by atoms with Gasteiger partial charge in [-0.1, -0.05) is 0 Å². The van der Waals surface area contributed by atoms with Crippen molar-refractivity contribution in [2.45, 2.75) is 38.7 Å². The fourth-order valence-corrected chi connectivity index (χ4v) is 5.62. The Labute approximate surface area is 198 Å². The molecule has 2 aliphatic rings. The highest BCUT2D eigenvalue weighted by Crippen LogP contribution is 2.38. The van der Waals surface area contributed by atoms with E-state index in [2.05, 4.69) is 28.0 Å². The Bertz CT molecular complexity index is 1380. The zero-order chi connectivity index (χ0) is 23.2. The van der Waals surface area contributed by atoms with Crippen LogP contribution in [0.4, 0.5) is 4.39 Å². The van der Waals surface area contributed by atoms with E-state index >= 15 is 0 Å². The number of benzene rings is 2. The molecule has 0 bridgehead atoms. The fourth-order valence-electron chi connectivity index (χ4n) is 5.62. The van der Waals surface area contributed by atoms with Crippen LogP contribution in [0.15, 0.2) is 42.5 Å². The van der Waals surface area contributed by atoms with Gasteiger partial charge in [-0.25, -0.2) is 4.39 Å². The summed E-state index contributed by atoms with van der Waals surface area (Å²) in [5.41, 5.74) is 5.77. The molecule has 1 aliphatic carbocycles. The second-order valence-corrected chi connectivity index (χ2v) is 9.71. The van der Waals surface area contributed by atoms with Gasteiger partial charge in [0.25, 0.3) is 0 Å². The Balaban J connectivity index is 1.06. The molecule has 6 rings (SSSR count). The first-order valence-electron chi connectivity index (χ1n) is 12.2. The molecule has 0 saturated carbocycles. The molecule has 0 fully saturated rings. The highest BCUT2D eigenvalue weighted by Gasteiger charge is 2.26. The van der Waals surface area contributed by atoms with Gasteiger partial charge in [0.2, 0.25) is 0 Å². The van der Waals surface area contributed by atoms with E-state index in [1.165, 1.54) is 17.7 Å². The number of pyridine rings is 1. The third-order valence-corrected chi connectivity index (χ3v) is 7.42. The smallest absolute Gasteiger partial charge is 0.171 e. The first-order valence-corrected chi connectivity index (χ1v) is 12.2. The Morgan fingerprint density at radius 2 is 2.06 bits per heavy atom. The summed E-state index contributed by atoms with van der Waals surface area (Å²) in [4.78, 5) is 4.60.